The summed E-state index contributed by atoms with van der Waals surface area (Å²) >= 11 is 0. The van der Waals surface area contributed by atoms with Crippen molar-refractivity contribution in [3.8, 4) is 22.5 Å². The van der Waals surface area contributed by atoms with Crippen LogP contribution in [0.25, 0.3) is 33.4 Å². The molecule has 0 aliphatic rings. The molecule has 0 saturated carbocycles. The first-order valence-corrected chi connectivity index (χ1v) is 14.8. The van der Waals surface area contributed by atoms with E-state index in [-0.39, 0.29) is 17.6 Å². The second kappa shape index (κ2) is 14.0. The van der Waals surface area contributed by atoms with Crippen LogP contribution < -0.4 is 15.5 Å². The van der Waals surface area contributed by atoms with Gasteiger partial charge in [0.2, 0.25) is 0 Å². The molecule has 226 valence electrons. The first kappa shape index (κ1) is 30.5. The van der Waals surface area contributed by atoms with Gasteiger partial charge in [-0.05, 0) is 67.4 Å². The predicted octanol–water partition coefficient (Wildman–Crippen LogP) is 7.06. The van der Waals surface area contributed by atoms with Crippen LogP contribution in [-0.2, 0) is 11.3 Å². The summed E-state index contributed by atoms with van der Waals surface area (Å²) in [4.78, 5) is 28.5. The highest BCUT2D eigenvalue weighted by molar-refractivity contribution is 6.13. The van der Waals surface area contributed by atoms with Gasteiger partial charge in [0, 0.05) is 60.5 Å². The van der Waals surface area contributed by atoms with E-state index < -0.39 is 0 Å². The maximum Gasteiger partial charge on any atom is 0.255 e. The molecule has 0 saturated heterocycles. The van der Waals surface area contributed by atoms with Gasteiger partial charge in [-0.3, -0.25) is 9.59 Å². The van der Waals surface area contributed by atoms with Crippen LogP contribution in [0.2, 0.25) is 0 Å². The number of hydrogen-bond acceptors (Lipinski definition) is 5. The zero-order valence-electron chi connectivity index (χ0n) is 25.2. The highest BCUT2D eigenvalue weighted by atomic mass is 19.1. The highest BCUT2D eigenvalue weighted by Crippen LogP contribution is 2.41. The standard InChI is InChI=1S/C36H36FN3O4/c1-4-40(5-2)31-22-32-30(33(36(42)38-3)34(44-32)25-14-16-28(37)17-15-25)21-29(31)26-12-9-13-27(20-26)35(41)39-18-19-43-23-24-10-7-6-8-11-24/h6-17,20-22H,4-5,18-19,23H2,1-3H3,(H,38,42)(H,39,41). The Morgan fingerprint density at radius 1 is 0.864 bits per heavy atom. The molecule has 2 N–H and O–H groups in total. The van der Waals surface area contributed by atoms with Crippen LogP contribution in [0.4, 0.5) is 10.1 Å². The van der Waals surface area contributed by atoms with Crippen LogP contribution in [0.15, 0.2) is 95.4 Å². The summed E-state index contributed by atoms with van der Waals surface area (Å²) in [6.07, 6.45) is 0. The Balaban J connectivity index is 1.48. The molecule has 0 aliphatic heterocycles. The number of halogens is 1. The average Bonchev–Trinajstić information content (AvgIpc) is 3.43. The molecule has 0 fully saturated rings. The molecule has 0 aliphatic carbocycles. The molecule has 5 aromatic rings. The van der Waals surface area contributed by atoms with E-state index in [2.05, 4.69) is 29.4 Å². The van der Waals surface area contributed by atoms with Crippen molar-refractivity contribution < 1.29 is 23.1 Å². The van der Waals surface area contributed by atoms with Gasteiger partial charge in [-0.1, -0.05) is 42.5 Å². The molecule has 1 aromatic heterocycles. The predicted molar refractivity (Wildman–Crippen MR) is 172 cm³/mol. The molecule has 2 amide bonds. The van der Waals surface area contributed by atoms with E-state index in [4.69, 9.17) is 9.15 Å². The Morgan fingerprint density at radius 3 is 2.32 bits per heavy atom. The van der Waals surface area contributed by atoms with Gasteiger partial charge in [-0.2, -0.15) is 0 Å². The van der Waals surface area contributed by atoms with E-state index >= 15 is 0 Å². The number of anilines is 1. The lowest BCUT2D eigenvalue weighted by Crippen LogP contribution is -2.27. The lowest BCUT2D eigenvalue weighted by Gasteiger charge is -2.24. The largest absolute Gasteiger partial charge is 0.455 e. The van der Waals surface area contributed by atoms with Gasteiger partial charge in [0.15, 0.2) is 0 Å². The number of carbonyl (C=O) groups excluding carboxylic acids is 2. The smallest absolute Gasteiger partial charge is 0.255 e. The topological polar surface area (TPSA) is 83.8 Å². The van der Waals surface area contributed by atoms with Crippen molar-refractivity contribution in [1.82, 2.24) is 10.6 Å². The molecular weight excluding hydrogens is 557 g/mol. The summed E-state index contributed by atoms with van der Waals surface area (Å²) in [5, 5.41) is 6.28. The molecular formula is C36H36FN3O4. The number of nitrogens with one attached hydrogen (secondary N) is 2. The molecule has 8 heteroatoms. The fraction of sp³-hybridized carbons (Fsp3) is 0.222. The Hall–Kier alpha value is -4.95. The zero-order valence-corrected chi connectivity index (χ0v) is 25.2. The Kier molecular flexibility index (Phi) is 9.72. The van der Waals surface area contributed by atoms with Crippen molar-refractivity contribution in [1.29, 1.82) is 0 Å². The molecule has 44 heavy (non-hydrogen) atoms. The first-order valence-electron chi connectivity index (χ1n) is 14.8. The summed E-state index contributed by atoms with van der Waals surface area (Å²) in [7, 11) is 1.57. The second-order valence-electron chi connectivity index (χ2n) is 10.3. The fourth-order valence-corrected chi connectivity index (χ4v) is 5.28. The normalized spacial score (nSPS) is 11.0. The van der Waals surface area contributed by atoms with Crippen molar-refractivity contribution in [3.63, 3.8) is 0 Å². The van der Waals surface area contributed by atoms with Crippen LogP contribution in [-0.4, -0.2) is 45.1 Å². The van der Waals surface area contributed by atoms with Gasteiger partial charge in [0.25, 0.3) is 11.8 Å². The molecule has 0 atom stereocenters. The molecule has 1 heterocycles. The quantitative estimate of drug-likeness (QED) is 0.151. The van der Waals surface area contributed by atoms with Crippen molar-refractivity contribution >= 4 is 28.5 Å². The number of benzene rings is 4. The van der Waals surface area contributed by atoms with Gasteiger partial charge < -0.3 is 24.7 Å². The van der Waals surface area contributed by atoms with Crippen LogP contribution >= 0.6 is 0 Å². The van der Waals surface area contributed by atoms with Crippen LogP contribution in [0.3, 0.4) is 0 Å². The third kappa shape index (κ3) is 6.66. The van der Waals surface area contributed by atoms with E-state index in [1.165, 1.54) is 12.1 Å². The van der Waals surface area contributed by atoms with E-state index in [0.29, 0.717) is 53.2 Å². The number of fused-ring (bicyclic) bond motifs is 1. The van der Waals surface area contributed by atoms with Crippen LogP contribution in [0.1, 0.15) is 40.1 Å². The SMILES string of the molecule is CCN(CC)c1cc2oc(-c3ccc(F)cc3)c(C(=O)NC)c2cc1-c1cccc(C(=O)NCCOCc2ccccc2)c1. The maximum atomic E-state index is 13.7. The fourth-order valence-electron chi connectivity index (χ4n) is 5.28. The summed E-state index contributed by atoms with van der Waals surface area (Å²) in [6, 6.07) is 27.1. The number of carbonyl (C=O) groups is 2. The highest BCUT2D eigenvalue weighted by Gasteiger charge is 2.24. The number of furan rings is 1. The third-order valence-electron chi connectivity index (χ3n) is 7.55. The minimum Gasteiger partial charge on any atom is -0.455 e. The Morgan fingerprint density at radius 2 is 1.61 bits per heavy atom. The number of amides is 2. The minimum atomic E-state index is -0.374. The monoisotopic (exact) mass is 593 g/mol. The van der Waals surface area contributed by atoms with Crippen LogP contribution in [0, 0.1) is 5.82 Å². The van der Waals surface area contributed by atoms with E-state index in [9.17, 15) is 14.0 Å². The van der Waals surface area contributed by atoms with Gasteiger partial charge >= 0.3 is 0 Å². The Bertz CT molecular complexity index is 1750. The first-order chi connectivity index (χ1) is 21.4. The second-order valence-corrected chi connectivity index (χ2v) is 10.3. The van der Waals surface area contributed by atoms with E-state index in [0.717, 1.165) is 35.5 Å². The summed E-state index contributed by atoms with van der Waals surface area (Å²) in [5.41, 5.74) is 5.70. The van der Waals surface area contributed by atoms with Crippen LogP contribution in [0.5, 0.6) is 0 Å². The van der Waals surface area contributed by atoms with Crippen molar-refractivity contribution in [2.45, 2.75) is 20.5 Å². The zero-order chi connectivity index (χ0) is 31.1. The molecule has 0 radical (unpaired) electrons. The minimum absolute atomic E-state index is 0.200. The molecule has 0 unspecified atom stereocenters. The molecule has 0 bridgehead atoms. The van der Waals surface area contributed by atoms with E-state index in [1.54, 1.807) is 25.2 Å². The van der Waals surface area contributed by atoms with Crippen molar-refractivity contribution in [2.75, 3.05) is 38.2 Å². The maximum absolute atomic E-state index is 13.7. The average molecular weight is 594 g/mol. The summed E-state index contributed by atoms with van der Waals surface area (Å²) in [6.45, 7) is 6.88. The summed E-state index contributed by atoms with van der Waals surface area (Å²) in [5.74, 6) is -0.522. The third-order valence-corrected chi connectivity index (χ3v) is 7.55. The Labute approximate surface area is 256 Å². The number of ether oxygens (including phenoxy) is 1. The number of hydrogen-bond donors (Lipinski definition) is 2. The van der Waals surface area contributed by atoms with Crippen molar-refractivity contribution in [2.24, 2.45) is 0 Å². The van der Waals surface area contributed by atoms with Gasteiger partial charge in [-0.25, -0.2) is 4.39 Å². The molecule has 0 spiro atoms. The molecule has 7 nitrogen and oxygen atoms in total. The lowest BCUT2D eigenvalue weighted by molar-refractivity contribution is 0.0900. The lowest BCUT2D eigenvalue weighted by atomic mass is 9.96. The van der Waals surface area contributed by atoms with Gasteiger partial charge in [-0.15, -0.1) is 0 Å². The number of nitrogens with zero attached hydrogens (tertiary/aromatic N) is 1. The van der Waals surface area contributed by atoms with Gasteiger partial charge in [0.1, 0.15) is 17.2 Å². The molecule has 5 rings (SSSR count). The van der Waals surface area contributed by atoms with Gasteiger partial charge in [0.05, 0.1) is 18.8 Å². The molecule has 4 aromatic carbocycles. The van der Waals surface area contributed by atoms with Crippen molar-refractivity contribution in [3.05, 3.63) is 114 Å². The summed E-state index contributed by atoms with van der Waals surface area (Å²) < 4.78 is 25.7. The number of rotatable bonds is 12. The van der Waals surface area contributed by atoms with E-state index in [1.807, 2.05) is 60.7 Å².